The number of imide groups is 2. The minimum Gasteiger partial charge on any atom is -0.377 e. The molecule has 0 spiro atoms. The van der Waals surface area contributed by atoms with E-state index in [0.717, 1.165) is 72.3 Å². The van der Waals surface area contributed by atoms with Crippen LogP contribution in [0.3, 0.4) is 0 Å². The van der Waals surface area contributed by atoms with Gasteiger partial charge in [-0.15, -0.1) is 0 Å². The lowest BCUT2D eigenvalue weighted by atomic mass is 9.67. The number of hydrogen-bond donors (Lipinski definition) is 0. The molecule has 0 saturated carbocycles. The van der Waals surface area contributed by atoms with Crippen LogP contribution in [0.25, 0.3) is 11.1 Å². The van der Waals surface area contributed by atoms with Crippen molar-refractivity contribution in [1.29, 1.82) is 0 Å². The largest absolute Gasteiger partial charge is 0.411 e. The monoisotopic (exact) mass is 976 g/mol. The first kappa shape index (κ1) is 47.7. The molecular formula is C58H46F6N4O4. The van der Waals surface area contributed by atoms with Gasteiger partial charge in [0.2, 0.25) is 5.41 Å². The second kappa shape index (κ2) is 16.3. The van der Waals surface area contributed by atoms with E-state index in [4.69, 9.17) is 0 Å². The number of aryl methyl sites for hydroxylation is 4. The zero-order valence-electron chi connectivity index (χ0n) is 40.4. The summed E-state index contributed by atoms with van der Waals surface area (Å²) in [5, 5.41) is 0. The van der Waals surface area contributed by atoms with E-state index in [1.807, 2.05) is 61.2 Å². The van der Waals surface area contributed by atoms with Crippen LogP contribution in [-0.4, -0.2) is 64.2 Å². The summed E-state index contributed by atoms with van der Waals surface area (Å²) in [4.78, 5) is 61.9. The zero-order valence-corrected chi connectivity index (χ0v) is 40.4. The van der Waals surface area contributed by atoms with Crippen LogP contribution in [0, 0.1) is 27.7 Å². The quantitative estimate of drug-likeness (QED) is 0.111. The molecule has 7 aromatic rings. The summed E-state index contributed by atoms with van der Waals surface area (Å²) in [5.41, 5.74) is -0.260. The number of carbonyl (C=O) groups is 4. The molecule has 2 heterocycles. The van der Waals surface area contributed by atoms with Gasteiger partial charge in [-0.3, -0.25) is 19.2 Å². The smallest absolute Gasteiger partial charge is 0.377 e. The second-order valence-electron chi connectivity index (χ2n) is 19.2. The molecule has 3 aliphatic rings. The summed E-state index contributed by atoms with van der Waals surface area (Å²) < 4.78 is 94.6. The number of fused-ring (bicyclic) bond motifs is 5. The maximum Gasteiger partial charge on any atom is 0.411 e. The molecule has 364 valence electrons. The molecule has 4 amide bonds. The van der Waals surface area contributed by atoms with Crippen molar-refractivity contribution in [2.45, 2.75) is 50.9 Å². The molecule has 0 fully saturated rings. The van der Waals surface area contributed by atoms with Gasteiger partial charge in [-0.2, -0.15) is 26.3 Å². The fraction of sp³-hybridized carbons (Fsp3) is 0.207. The van der Waals surface area contributed by atoms with Crippen molar-refractivity contribution in [3.63, 3.8) is 0 Å². The average Bonchev–Trinajstić information content (AvgIpc) is 3.86. The van der Waals surface area contributed by atoms with Crippen molar-refractivity contribution in [1.82, 2.24) is 0 Å². The van der Waals surface area contributed by atoms with Gasteiger partial charge < -0.3 is 9.80 Å². The number of alkyl halides is 6. The predicted molar refractivity (Wildman–Crippen MR) is 266 cm³/mol. The third kappa shape index (κ3) is 6.53. The van der Waals surface area contributed by atoms with E-state index in [2.05, 4.69) is 42.5 Å². The highest BCUT2D eigenvalue weighted by atomic mass is 19.4. The number of anilines is 4. The van der Waals surface area contributed by atoms with Crippen LogP contribution < -0.4 is 19.6 Å². The van der Waals surface area contributed by atoms with E-state index in [1.54, 1.807) is 59.1 Å². The molecule has 0 N–H and O–H groups in total. The minimum atomic E-state index is -6.13. The Bertz CT molecular complexity index is 3460. The van der Waals surface area contributed by atoms with Crippen molar-refractivity contribution in [3.05, 3.63) is 211 Å². The van der Waals surface area contributed by atoms with Crippen LogP contribution in [-0.2, 0) is 10.8 Å². The number of carbonyl (C=O) groups excluding carboxylic acids is 4. The summed E-state index contributed by atoms with van der Waals surface area (Å²) in [6.07, 6.45) is -12.3. The number of nitrogens with zero attached hydrogens (tertiary/aromatic N) is 4. The molecule has 0 atom stereocenters. The average molecular weight is 977 g/mol. The Balaban J connectivity index is 1.06. The Morgan fingerprint density at radius 1 is 0.403 bits per heavy atom. The lowest BCUT2D eigenvalue weighted by Gasteiger charge is -2.38. The lowest BCUT2D eigenvalue weighted by Crippen LogP contribution is -2.55. The summed E-state index contributed by atoms with van der Waals surface area (Å²) in [7, 11) is 7.51. The summed E-state index contributed by atoms with van der Waals surface area (Å²) >= 11 is 0. The molecular weight excluding hydrogens is 931 g/mol. The van der Waals surface area contributed by atoms with Crippen LogP contribution in [0.2, 0.25) is 0 Å². The summed E-state index contributed by atoms with van der Waals surface area (Å²) in [6, 6.07) is 34.5. The van der Waals surface area contributed by atoms with Gasteiger partial charge in [0.1, 0.15) is 0 Å². The van der Waals surface area contributed by atoms with Crippen LogP contribution in [0.1, 0.15) is 97.1 Å². The van der Waals surface area contributed by atoms with Gasteiger partial charge in [0.25, 0.3) is 23.6 Å². The molecule has 0 aromatic heterocycles. The topological polar surface area (TPSA) is 81.2 Å². The van der Waals surface area contributed by atoms with E-state index in [0.29, 0.717) is 41.0 Å². The number of rotatable bonds is 8. The molecule has 1 aliphatic carbocycles. The third-order valence-electron chi connectivity index (χ3n) is 14.7. The highest BCUT2D eigenvalue weighted by Crippen LogP contribution is 2.59. The van der Waals surface area contributed by atoms with Crippen molar-refractivity contribution >= 4 is 46.4 Å². The molecule has 2 aliphatic heterocycles. The van der Waals surface area contributed by atoms with Crippen molar-refractivity contribution in [3.8, 4) is 11.1 Å². The van der Waals surface area contributed by atoms with Crippen LogP contribution >= 0.6 is 0 Å². The normalized spacial score (nSPS) is 15.0. The van der Waals surface area contributed by atoms with E-state index >= 15 is 26.3 Å². The highest BCUT2D eigenvalue weighted by Gasteiger charge is 2.73. The molecule has 0 saturated heterocycles. The van der Waals surface area contributed by atoms with Crippen molar-refractivity contribution < 1.29 is 45.5 Å². The molecule has 0 radical (unpaired) electrons. The first-order valence-corrected chi connectivity index (χ1v) is 23.0. The van der Waals surface area contributed by atoms with Gasteiger partial charge in [-0.1, -0.05) is 84.9 Å². The minimum absolute atomic E-state index is 0.0893. The molecule has 7 aromatic carbocycles. The molecule has 0 bridgehead atoms. The number of halogens is 6. The zero-order chi connectivity index (χ0) is 51.7. The van der Waals surface area contributed by atoms with E-state index in [1.165, 1.54) is 0 Å². The maximum absolute atomic E-state index is 15.8. The number of amides is 4. The highest BCUT2D eigenvalue weighted by molar-refractivity contribution is 6.35. The standard InChI is InChI=1S/C58H46F6N4O4/c1-31-25-35(19-23-47(31)65(5)6)55(45-15-11-9-13-39(45)40-14-10-12-16-46(40)55)36-20-24-48(32(2)26-36)67-51(69)41-21-17-37(29-43(41)53(67)71)56(57(59,60)61,58(62,63)64)38-18-22-42-44(30-38)54(72)68(52(42)70)50-28-33(3)49(66(7)8)27-34(50)4/h9-30H,1-8H3. The van der Waals surface area contributed by atoms with Gasteiger partial charge in [0.15, 0.2) is 0 Å². The van der Waals surface area contributed by atoms with E-state index < -0.39 is 74.6 Å². The Labute approximate surface area is 411 Å². The number of hydrogen-bond acceptors (Lipinski definition) is 6. The van der Waals surface area contributed by atoms with Crippen LogP contribution in [0.4, 0.5) is 49.1 Å². The molecule has 14 heteroatoms. The van der Waals surface area contributed by atoms with Gasteiger partial charge in [0.05, 0.1) is 39.0 Å². The van der Waals surface area contributed by atoms with Crippen molar-refractivity contribution in [2.75, 3.05) is 47.8 Å². The fourth-order valence-electron chi connectivity index (χ4n) is 11.4. The van der Waals surface area contributed by atoms with Gasteiger partial charge in [0, 0.05) is 39.6 Å². The lowest BCUT2D eigenvalue weighted by molar-refractivity contribution is -0.288. The van der Waals surface area contributed by atoms with Gasteiger partial charge >= 0.3 is 12.4 Å². The van der Waals surface area contributed by atoms with E-state index in [-0.39, 0.29) is 16.9 Å². The van der Waals surface area contributed by atoms with Gasteiger partial charge in [-0.05, 0) is 143 Å². The fourth-order valence-corrected chi connectivity index (χ4v) is 11.4. The molecule has 0 unspecified atom stereocenters. The summed E-state index contributed by atoms with van der Waals surface area (Å²) in [6.45, 7) is 7.09. The van der Waals surface area contributed by atoms with Crippen LogP contribution in [0.15, 0.2) is 133 Å². The van der Waals surface area contributed by atoms with Crippen LogP contribution in [0.5, 0.6) is 0 Å². The Morgan fingerprint density at radius 2 is 0.819 bits per heavy atom. The Kier molecular flexibility index (Phi) is 10.8. The molecule has 72 heavy (non-hydrogen) atoms. The Morgan fingerprint density at radius 3 is 1.28 bits per heavy atom. The summed E-state index contributed by atoms with van der Waals surface area (Å²) in [5.74, 6) is -4.08. The SMILES string of the molecule is Cc1cc(C2(c3ccc(N4C(=O)c5ccc(C(c6ccc7c(c6)C(=O)N(c6cc(C)c(N(C)C)cc6C)C7=O)(C(F)(F)F)C(F)(F)F)cc5C4=O)c(C)c3)c3ccccc3-c3ccccc32)ccc1N(C)C. The first-order chi connectivity index (χ1) is 34.0. The molecule has 10 rings (SSSR count). The first-order valence-electron chi connectivity index (χ1n) is 23.0. The predicted octanol–water partition coefficient (Wildman–Crippen LogP) is 12.4. The van der Waals surface area contributed by atoms with Crippen molar-refractivity contribution in [2.24, 2.45) is 0 Å². The number of benzene rings is 7. The third-order valence-corrected chi connectivity index (χ3v) is 14.7. The molecule has 8 nitrogen and oxygen atoms in total. The Hall–Kier alpha value is -8.00. The van der Waals surface area contributed by atoms with Gasteiger partial charge in [-0.25, -0.2) is 9.80 Å². The maximum atomic E-state index is 15.8. The second-order valence-corrected chi connectivity index (χ2v) is 19.2. The van der Waals surface area contributed by atoms with E-state index in [9.17, 15) is 19.2 Å².